The van der Waals surface area contributed by atoms with Crippen LogP contribution in [0.4, 0.5) is 5.69 Å². The van der Waals surface area contributed by atoms with E-state index in [1.54, 1.807) is 0 Å². The van der Waals surface area contributed by atoms with Crippen molar-refractivity contribution in [3.8, 4) is 0 Å². The molecule has 112 valence electrons. The van der Waals surface area contributed by atoms with Crippen molar-refractivity contribution >= 4 is 38.3 Å². The van der Waals surface area contributed by atoms with Crippen LogP contribution in [0.3, 0.4) is 0 Å². The van der Waals surface area contributed by atoms with E-state index in [9.17, 15) is 4.79 Å². The highest BCUT2D eigenvalue weighted by molar-refractivity contribution is 9.10. The summed E-state index contributed by atoms with van der Waals surface area (Å²) in [6, 6.07) is 12.2. The van der Waals surface area contributed by atoms with Crippen LogP contribution < -0.4 is 5.32 Å². The molecule has 0 aromatic heterocycles. The lowest BCUT2D eigenvalue weighted by molar-refractivity contribution is -0.120. The van der Waals surface area contributed by atoms with Crippen molar-refractivity contribution in [3.63, 3.8) is 0 Å². The summed E-state index contributed by atoms with van der Waals surface area (Å²) in [6.45, 7) is 4.26. The summed E-state index contributed by atoms with van der Waals surface area (Å²) in [5, 5.41) is 5.37. The zero-order valence-corrected chi connectivity index (χ0v) is 14.2. The fourth-order valence-electron chi connectivity index (χ4n) is 2.64. The molecule has 0 heterocycles. The Morgan fingerprint density at radius 3 is 2.33 bits per heavy atom. The number of anilines is 1. The quantitative estimate of drug-likeness (QED) is 0.707. The predicted octanol–water partition coefficient (Wildman–Crippen LogP) is 5.76. The Morgan fingerprint density at radius 1 is 1.05 bits per heavy atom. The van der Waals surface area contributed by atoms with Gasteiger partial charge in [-0.2, -0.15) is 0 Å². The number of hydrogen-bond acceptors (Lipinski definition) is 1. The molecule has 2 rings (SSSR count). The monoisotopic (exact) mass is 347 g/mol. The molecule has 0 spiro atoms. The maximum Gasteiger partial charge on any atom is 0.227 e. The first-order valence-electron chi connectivity index (χ1n) is 7.64. The van der Waals surface area contributed by atoms with Crippen LogP contribution >= 0.6 is 15.9 Å². The molecule has 0 saturated heterocycles. The summed E-state index contributed by atoms with van der Waals surface area (Å²) in [5.41, 5.74) is 0.882. The molecule has 0 fully saturated rings. The molecule has 0 saturated carbocycles. The maximum atomic E-state index is 12.4. The van der Waals surface area contributed by atoms with Gasteiger partial charge in [0.2, 0.25) is 5.91 Å². The normalized spacial score (nSPS) is 11.0. The van der Waals surface area contributed by atoms with Gasteiger partial charge in [-0.3, -0.25) is 4.79 Å². The molecule has 3 heteroatoms. The summed E-state index contributed by atoms with van der Waals surface area (Å²) in [5.74, 6) is 0.274. The molecule has 1 N–H and O–H groups in total. The highest BCUT2D eigenvalue weighted by Crippen LogP contribution is 2.24. The molecule has 0 aliphatic carbocycles. The summed E-state index contributed by atoms with van der Waals surface area (Å²) in [4.78, 5) is 12.4. The van der Waals surface area contributed by atoms with E-state index in [-0.39, 0.29) is 11.8 Å². The van der Waals surface area contributed by atoms with Crippen LogP contribution in [-0.4, -0.2) is 5.91 Å². The number of hydrogen-bond donors (Lipinski definition) is 1. The van der Waals surface area contributed by atoms with E-state index in [1.165, 1.54) is 5.39 Å². The van der Waals surface area contributed by atoms with Crippen molar-refractivity contribution in [2.45, 2.75) is 39.5 Å². The van der Waals surface area contributed by atoms with E-state index in [0.717, 1.165) is 41.2 Å². The number of benzene rings is 2. The number of carbonyl (C=O) groups is 1. The van der Waals surface area contributed by atoms with Crippen molar-refractivity contribution in [1.82, 2.24) is 0 Å². The molecular formula is C18H22BrNO. The van der Waals surface area contributed by atoms with E-state index in [2.05, 4.69) is 47.2 Å². The highest BCUT2D eigenvalue weighted by Gasteiger charge is 2.16. The van der Waals surface area contributed by atoms with Crippen molar-refractivity contribution in [2.75, 3.05) is 5.32 Å². The Kier molecular flexibility index (Phi) is 5.80. The molecule has 2 aromatic carbocycles. The van der Waals surface area contributed by atoms with E-state index in [0.29, 0.717) is 0 Å². The SMILES string of the molecule is CCCC(CCC)C(=O)Nc1ccc2cc(Br)ccc2c1. The minimum absolute atomic E-state index is 0.126. The van der Waals surface area contributed by atoms with Gasteiger partial charge >= 0.3 is 0 Å². The van der Waals surface area contributed by atoms with Gasteiger partial charge in [0.15, 0.2) is 0 Å². The molecule has 0 aliphatic rings. The number of amides is 1. The Balaban J connectivity index is 2.14. The molecule has 0 radical (unpaired) electrons. The Labute approximate surface area is 135 Å². The van der Waals surface area contributed by atoms with Crippen LogP contribution in [0.2, 0.25) is 0 Å². The lowest BCUT2D eigenvalue weighted by Gasteiger charge is -2.15. The second-order valence-electron chi connectivity index (χ2n) is 5.47. The highest BCUT2D eigenvalue weighted by atomic mass is 79.9. The van der Waals surface area contributed by atoms with Crippen molar-refractivity contribution in [3.05, 3.63) is 40.9 Å². The molecule has 0 bridgehead atoms. The number of rotatable bonds is 6. The zero-order chi connectivity index (χ0) is 15.2. The zero-order valence-electron chi connectivity index (χ0n) is 12.7. The largest absolute Gasteiger partial charge is 0.326 e. The molecule has 2 nitrogen and oxygen atoms in total. The number of nitrogens with one attached hydrogen (secondary N) is 1. The summed E-state index contributed by atoms with van der Waals surface area (Å²) >= 11 is 3.48. The van der Waals surface area contributed by atoms with Gasteiger partial charge in [-0.05, 0) is 47.9 Å². The second-order valence-corrected chi connectivity index (χ2v) is 6.39. The first-order valence-corrected chi connectivity index (χ1v) is 8.43. The predicted molar refractivity (Wildman–Crippen MR) is 93.6 cm³/mol. The van der Waals surface area contributed by atoms with Crippen LogP contribution in [0.25, 0.3) is 10.8 Å². The van der Waals surface area contributed by atoms with Crippen molar-refractivity contribution in [2.24, 2.45) is 5.92 Å². The molecule has 1 amide bonds. The molecule has 0 atom stereocenters. The number of carbonyl (C=O) groups excluding carboxylic acids is 1. The Morgan fingerprint density at radius 2 is 1.67 bits per heavy atom. The van der Waals surface area contributed by atoms with Crippen LogP contribution in [0.1, 0.15) is 39.5 Å². The van der Waals surface area contributed by atoms with Gasteiger partial charge in [0.05, 0.1) is 0 Å². The fourth-order valence-corrected chi connectivity index (χ4v) is 3.02. The van der Waals surface area contributed by atoms with Gasteiger partial charge < -0.3 is 5.32 Å². The molecular weight excluding hydrogens is 326 g/mol. The molecule has 0 unspecified atom stereocenters. The van der Waals surface area contributed by atoms with Crippen LogP contribution in [0.15, 0.2) is 40.9 Å². The minimum atomic E-state index is 0.126. The lowest BCUT2D eigenvalue weighted by atomic mass is 9.97. The van der Waals surface area contributed by atoms with Gasteiger partial charge in [-0.15, -0.1) is 0 Å². The Hall–Kier alpha value is -1.35. The molecule has 21 heavy (non-hydrogen) atoms. The van der Waals surface area contributed by atoms with E-state index in [4.69, 9.17) is 0 Å². The Bertz CT molecular complexity index is 618. The van der Waals surface area contributed by atoms with E-state index in [1.807, 2.05) is 24.3 Å². The summed E-state index contributed by atoms with van der Waals surface area (Å²) < 4.78 is 1.07. The van der Waals surface area contributed by atoms with Gasteiger partial charge in [-0.1, -0.05) is 54.8 Å². The first-order chi connectivity index (χ1) is 10.1. The minimum Gasteiger partial charge on any atom is -0.326 e. The van der Waals surface area contributed by atoms with E-state index < -0.39 is 0 Å². The van der Waals surface area contributed by atoms with Gasteiger partial charge in [0, 0.05) is 16.1 Å². The summed E-state index contributed by atoms with van der Waals surface area (Å²) in [7, 11) is 0. The number of halogens is 1. The second kappa shape index (κ2) is 7.60. The summed E-state index contributed by atoms with van der Waals surface area (Å²) in [6.07, 6.45) is 4.01. The smallest absolute Gasteiger partial charge is 0.227 e. The van der Waals surface area contributed by atoms with Gasteiger partial charge in [0.1, 0.15) is 0 Å². The molecule has 2 aromatic rings. The van der Waals surface area contributed by atoms with Gasteiger partial charge in [-0.25, -0.2) is 0 Å². The first kappa shape index (κ1) is 16.0. The molecule has 0 aliphatic heterocycles. The standard InChI is InChI=1S/C18H22BrNO/c1-3-5-13(6-4-2)18(21)20-17-10-8-14-11-16(19)9-7-15(14)12-17/h7-13H,3-6H2,1-2H3,(H,20,21). The van der Waals surface area contributed by atoms with Crippen molar-refractivity contribution in [1.29, 1.82) is 0 Å². The fraction of sp³-hybridized carbons (Fsp3) is 0.389. The van der Waals surface area contributed by atoms with Gasteiger partial charge in [0.25, 0.3) is 0 Å². The third-order valence-electron chi connectivity index (χ3n) is 3.71. The van der Waals surface area contributed by atoms with Crippen molar-refractivity contribution < 1.29 is 4.79 Å². The third kappa shape index (κ3) is 4.31. The average molecular weight is 348 g/mol. The number of fused-ring (bicyclic) bond motifs is 1. The average Bonchev–Trinajstić information content (AvgIpc) is 2.47. The van der Waals surface area contributed by atoms with Crippen LogP contribution in [0.5, 0.6) is 0 Å². The van der Waals surface area contributed by atoms with E-state index >= 15 is 0 Å². The van der Waals surface area contributed by atoms with Crippen LogP contribution in [0, 0.1) is 5.92 Å². The lowest BCUT2D eigenvalue weighted by Crippen LogP contribution is -2.22. The topological polar surface area (TPSA) is 29.1 Å². The maximum absolute atomic E-state index is 12.4. The third-order valence-corrected chi connectivity index (χ3v) is 4.21. The van der Waals surface area contributed by atoms with Crippen LogP contribution in [-0.2, 0) is 4.79 Å².